The predicted molar refractivity (Wildman–Crippen MR) is 77.9 cm³/mol. The third-order valence-corrected chi connectivity index (χ3v) is 3.53. The number of ketones is 1. The maximum atomic E-state index is 12.0. The minimum absolute atomic E-state index is 0.126. The standard InChI is InChI=1S/C14H12Cl2N2O/c1-8-11(9(2)18-17-8)4-6-14(19)10-3-5-12(15)13(16)7-10/h3-7H,1-2H3,(H,17,18)/b6-4+. The molecule has 3 nitrogen and oxygen atoms in total. The second kappa shape index (κ2) is 5.59. The summed E-state index contributed by atoms with van der Waals surface area (Å²) >= 11 is 11.7. The molecule has 0 unspecified atom stereocenters. The number of H-pyrrole nitrogens is 1. The van der Waals surface area contributed by atoms with Crippen LogP contribution in [0.4, 0.5) is 0 Å². The molecule has 0 amide bonds. The normalized spacial score (nSPS) is 11.2. The first-order chi connectivity index (χ1) is 8.99. The molecule has 1 N–H and O–H groups in total. The fourth-order valence-corrected chi connectivity index (χ4v) is 2.01. The van der Waals surface area contributed by atoms with Crippen molar-refractivity contribution in [2.45, 2.75) is 13.8 Å². The molecule has 1 aromatic heterocycles. The molecule has 2 rings (SSSR count). The SMILES string of the molecule is Cc1n[nH]c(C)c1/C=C/C(=O)c1ccc(Cl)c(Cl)c1. The highest BCUT2D eigenvalue weighted by atomic mass is 35.5. The van der Waals surface area contributed by atoms with Gasteiger partial charge in [-0.3, -0.25) is 9.89 Å². The van der Waals surface area contributed by atoms with Crippen LogP contribution in [0.15, 0.2) is 24.3 Å². The van der Waals surface area contributed by atoms with E-state index in [0.717, 1.165) is 17.0 Å². The second-order valence-electron chi connectivity index (χ2n) is 4.17. The Balaban J connectivity index is 2.24. The van der Waals surface area contributed by atoms with Crippen LogP contribution >= 0.6 is 23.2 Å². The zero-order valence-corrected chi connectivity index (χ0v) is 12.0. The van der Waals surface area contributed by atoms with Gasteiger partial charge < -0.3 is 0 Å². The molecule has 0 saturated heterocycles. The number of hydrogen-bond acceptors (Lipinski definition) is 2. The van der Waals surface area contributed by atoms with E-state index in [9.17, 15) is 4.79 Å². The van der Waals surface area contributed by atoms with Crippen LogP contribution in [-0.2, 0) is 0 Å². The minimum Gasteiger partial charge on any atom is -0.289 e. The second-order valence-corrected chi connectivity index (χ2v) is 4.99. The Kier molecular flexibility index (Phi) is 4.08. The summed E-state index contributed by atoms with van der Waals surface area (Å²) in [6.45, 7) is 3.79. The van der Waals surface area contributed by atoms with Crippen LogP contribution in [0.1, 0.15) is 27.3 Å². The summed E-state index contributed by atoms with van der Waals surface area (Å²) in [7, 11) is 0. The Bertz CT molecular complexity index is 640. The minimum atomic E-state index is -0.126. The van der Waals surface area contributed by atoms with Crippen LogP contribution < -0.4 is 0 Å². The molecular formula is C14H12Cl2N2O. The molecule has 2 aromatic rings. The molecular weight excluding hydrogens is 283 g/mol. The molecule has 0 saturated carbocycles. The van der Waals surface area contributed by atoms with Crippen LogP contribution in [0, 0.1) is 13.8 Å². The highest BCUT2D eigenvalue weighted by Gasteiger charge is 2.07. The van der Waals surface area contributed by atoms with Crippen molar-refractivity contribution in [2.75, 3.05) is 0 Å². The highest BCUT2D eigenvalue weighted by Crippen LogP contribution is 2.23. The molecule has 1 aromatic carbocycles. The summed E-state index contributed by atoms with van der Waals surface area (Å²) in [6, 6.07) is 4.82. The first-order valence-electron chi connectivity index (χ1n) is 5.68. The van der Waals surface area contributed by atoms with Crippen LogP contribution in [-0.4, -0.2) is 16.0 Å². The Hall–Kier alpha value is -1.58. The van der Waals surface area contributed by atoms with Crippen molar-refractivity contribution in [3.63, 3.8) is 0 Å². The van der Waals surface area contributed by atoms with Crippen molar-refractivity contribution in [2.24, 2.45) is 0 Å². The number of carbonyl (C=O) groups is 1. The number of carbonyl (C=O) groups excluding carboxylic acids is 1. The molecule has 0 spiro atoms. The molecule has 0 atom stereocenters. The number of aromatic nitrogens is 2. The third-order valence-electron chi connectivity index (χ3n) is 2.79. The Labute approximate surface area is 121 Å². The van der Waals surface area contributed by atoms with Gasteiger partial charge in [-0.15, -0.1) is 0 Å². The number of nitrogens with zero attached hydrogens (tertiary/aromatic N) is 1. The maximum absolute atomic E-state index is 12.0. The lowest BCUT2D eigenvalue weighted by atomic mass is 10.1. The van der Waals surface area contributed by atoms with E-state index in [-0.39, 0.29) is 5.78 Å². The van der Waals surface area contributed by atoms with Gasteiger partial charge in [0.15, 0.2) is 5.78 Å². The summed E-state index contributed by atoms with van der Waals surface area (Å²) in [5.74, 6) is -0.126. The van der Waals surface area contributed by atoms with Gasteiger partial charge in [0.2, 0.25) is 0 Å². The van der Waals surface area contributed by atoms with Crippen LogP contribution in [0.3, 0.4) is 0 Å². The summed E-state index contributed by atoms with van der Waals surface area (Å²) in [5, 5.41) is 7.74. The van der Waals surface area contributed by atoms with E-state index in [4.69, 9.17) is 23.2 Å². The van der Waals surface area contributed by atoms with Gasteiger partial charge in [-0.1, -0.05) is 23.2 Å². The van der Waals surface area contributed by atoms with Crippen LogP contribution in [0.2, 0.25) is 10.0 Å². The zero-order valence-electron chi connectivity index (χ0n) is 10.5. The van der Waals surface area contributed by atoms with Crippen LogP contribution in [0.5, 0.6) is 0 Å². The molecule has 0 radical (unpaired) electrons. The Morgan fingerprint density at radius 2 is 2.00 bits per heavy atom. The Morgan fingerprint density at radius 3 is 2.58 bits per heavy atom. The van der Waals surface area contributed by atoms with E-state index < -0.39 is 0 Å². The van der Waals surface area contributed by atoms with Crippen molar-refractivity contribution < 1.29 is 4.79 Å². The number of hydrogen-bond donors (Lipinski definition) is 1. The highest BCUT2D eigenvalue weighted by molar-refractivity contribution is 6.42. The van der Waals surface area contributed by atoms with E-state index in [1.54, 1.807) is 24.3 Å². The van der Waals surface area contributed by atoms with Crippen molar-refractivity contribution in [1.82, 2.24) is 10.2 Å². The molecule has 5 heteroatoms. The van der Waals surface area contributed by atoms with Gasteiger partial charge in [0, 0.05) is 16.8 Å². The monoisotopic (exact) mass is 294 g/mol. The molecule has 1 heterocycles. The number of nitrogens with one attached hydrogen (secondary N) is 1. The molecule has 0 bridgehead atoms. The van der Waals surface area contributed by atoms with Crippen molar-refractivity contribution in [3.8, 4) is 0 Å². The first kappa shape index (κ1) is 13.8. The largest absolute Gasteiger partial charge is 0.289 e. The van der Waals surface area contributed by atoms with Gasteiger partial charge in [-0.25, -0.2) is 0 Å². The molecule has 0 fully saturated rings. The summed E-state index contributed by atoms with van der Waals surface area (Å²) in [4.78, 5) is 12.0. The molecule has 0 aliphatic carbocycles. The number of allylic oxidation sites excluding steroid dienone is 1. The third kappa shape index (κ3) is 3.06. The van der Waals surface area contributed by atoms with Crippen molar-refractivity contribution in [3.05, 3.63) is 56.8 Å². The predicted octanol–water partition coefficient (Wildman–Crippen LogP) is 4.23. The van der Waals surface area contributed by atoms with Gasteiger partial charge in [-0.05, 0) is 44.2 Å². The molecule has 19 heavy (non-hydrogen) atoms. The van der Waals surface area contributed by atoms with Gasteiger partial charge in [0.25, 0.3) is 0 Å². The fourth-order valence-electron chi connectivity index (χ4n) is 1.71. The van der Waals surface area contributed by atoms with Gasteiger partial charge in [0.1, 0.15) is 0 Å². The maximum Gasteiger partial charge on any atom is 0.185 e. The number of aryl methyl sites for hydroxylation is 2. The molecule has 98 valence electrons. The van der Waals surface area contributed by atoms with Crippen molar-refractivity contribution in [1.29, 1.82) is 0 Å². The lowest BCUT2D eigenvalue weighted by Crippen LogP contribution is -1.94. The topological polar surface area (TPSA) is 45.8 Å². The quantitative estimate of drug-likeness (QED) is 0.680. The van der Waals surface area contributed by atoms with Crippen LogP contribution in [0.25, 0.3) is 6.08 Å². The van der Waals surface area contributed by atoms with Gasteiger partial charge in [-0.2, -0.15) is 5.10 Å². The lowest BCUT2D eigenvalue weighted by molar-refractivity contribution is 0.104. The van der Waals surface area contributed by atoms with E-state index >= 15 is 0 Å². The average molecular weight is 295 g/mol. The summed E-state index contributed by atoms with van der Waals surface area (Å²) < 4.78 is 0. The number of rotatable bonds is 3. The van der Waals surface area contributed by atoms with Gasteiger partial charge >= 0.3 is 0 Å². The van der Waals surface area contributed by atoms with E-state index in [1.165, 1.54) is 6.08 Å². The lowest BCUT2D eigenvalue weighted by Gasteiger charge is -1.99. The smallest absolute Gasteiger partial charge is 0.185 e. The zero-order chi connectivity index (χ0) is 14.0. The number of aromatic amines is 1. The van der Waals surface area contributed by atoms with Gasteiger partial charge in [0.05, 0.1) is 15.7 Å². The Morgan fingerprint density at radius 1 is 1.26 bits per heavy atom. The summed E-state index contributed by atoms with van der Waals surface area (Å²) in [5.41, 5.74) is 3.21. The van der Waals surface area contributed by atoms with E-state index in [2.05, 4.69) is 10.2 Å². The van der Waals surface area contributed by atoms with E-state index in [0.29, 0.717) is 15.6 Å². The summed E-state index contributed by atoms with van der Waals surface area (Å²) in [6.07, 6.45) is 3.25. The van der Waals surface area contributed by atoms with E-state index in [1.807, 2.05) is 13.8 Å². The molecule has 0 aliphatic rings. The van der Waals surface area contributed by atoms with Crippen molar-refractivity contribution >= 4 is 35.1 Å². The molecule has 0 aliphatic heterocycles. The fraction of sp³-hybridized carbons (Fsp3) is 0.143. The number of benzene rings is 1. The first-order valence-corrected chi connectivity index (χ1v) is 6.43. The average Bonchev–Trinajstić information content (AvgIpc) is 2.69. The number of halogens is 2.